The van der Waals surface area contributed by atoms with E-state index in [9.17, 15) is 18.0 Å². The SMILES string of the molecule is COC(=O)C1C(c2ccc3c(c2)OCO3)N(S(=O)(=O)c2ccc(C)cc2)C(=O)N1C(C)c1ccccc1. The number of hydrogen-bond donors (Lipinski definition) is 0. The lowest BCUT2D eigenvalue weighted by molar-refractivity contribution is -0.146. The van der Waals surface area contributed by atoms with Crippen molar-refractivity contribution < 1.29 is 32.2 Å². The number of sulfonamides is 1. The Hall–Kier alpha value is -4.05. The fourth-order valence-electron chi connectivity index (χ4n) is 4.78. The number of fused-ring (bicyclic) bond motifs is 1. The molecule has 0 aromatic heterocycles. The van der Waals surface area contributed by atoms with E-state index in [4.69, 9.17) is 14.2 Å². The van der Waals surface area contributed by atoms with E-state index in [0.717, 1.165) is 15.4 Å². The van der Waals surface area contributed by atoms with Gasteiger partial charge in [-0.3, -0.25) is 0 Å². The van der Waals surface area contributed by atoms with Crippen LogP contribution in [-0.4, -0.2) is 49.6 Å². The first kappa shape index (κ1) is 24.6. The van der Waals surface area contributed by atoms with Gasteiger partial charge < -0.3 is 19.1 Å². The molecule has 2 aliphatic heterocycles. The molecule has 2 amide bonds. The number of benzene rings is 3. The second-order valence-corrected chi connectivity index (χ2v) is 10.7. The van der Waals surface area contributed by atoms with Gasteiger partial charge in [0.15, 0.2) is 17.5 Å². The summed E-state index contributed by atoms with van der Waals surface area (Å²) in [7, 11) is -3.16. The highest BCUT2D eigenvalue weighted by Gasteiger charge is 2.57. The first-order valence-electron chi connectivity index (χ1n) is 11.7. The molecule has 9 nitrogen and oxygen atoms in total. The maximum Gasteiger partial charge on any atom is 0.335 e. The van der Waals surface area contributed by atoms with Crippen LogP contribution in [0.3, 0.4) is 0 Å². The van der Waals surface area contributed by atoms with Crippen LogP contribution in [0.4, 0.5) is 4.79 Å². The lowest BCUT2D eigenvalue weighted by Gasteiger charge is -2.29. The molecule has 10 heteroatoms. The molecule has 192 valence electrons. The predicted molar refractivity (Wildman–Crippen MR) is 133 cm³/mol. The minimum atomic E-state index is -4.38. The molecule has 3 atom stereocenters. The van der Waals surface area contributed by atoms with Gasteiger partial charge >= 0.3 is 12.0 Å². The average molecular weight is 523 g/mol. The standard InChI is InChI=1S/C27H26N2O7S/c1-17-9-12-21(13-10-17)37(32,33)29-24(20-11-14-22-23(15-20)36-16-35-22)25(26(30)34-3)28(27(29)31)18(2)19-7-5-4-6-8-19/h4-15,18,24-25H,16H2,1-3H3. The number of hydrogen-bond acceptors (Lipinski definition) is 7. The summed E-state index contributed by atoms with van der Waals surface area (Å²) >= 11 is 0. The number of nitrogens with zero attached hydrogens (tertiary/aromatic N) is 2. The normalized spacial score (nSPS) is 19.7. The van der Waals surface area contributed by atoms with E-state index in [1.807, 2.05) is 37.3 Å². The zero-order chi connectivity index (χ0) is 26.3. The molecule has 0 spiro atoms. The largest absolute Gasteiger partial charge is 0.467 e. The first-order chi connectivity index (χ1) is 17.7. The van der Waals surface area contributed by atoms with Gasteiger partial charge in [-0.2, -0.15) is 0 Å². The van der Waals surface area contributed by atoms with Crippen molar-refractivity contribution in [3.8, 4) is 11.5 Å². The molecular weight excluding hydrogens is 496 g/mol. The fraction of sp³-hybridized carbons (Fsp3) is 0.259. The van der Waals surface area contributed by atoms with Crippen LogP contribution in [0.15, 0.2) is 77.7 Å². The van der Waals surface area contributed by atoms with Crippen molar-refractivity contribution in [2.75, 3.05) is 13.9 Å². The van der Waals surface area contributed by atoms with Crippen LogP contribution in [0.25, 0.3) is 0 Å². The number of esters is 1. The summed E-state index contributed by atoms with van der Waals surface area (Å²) in [6, 6.07) is 16.3. The third-order valence-corrected chi connectivity index (χ3v) is 8.49. The number of carbonyl (C=O) groups is 2. The highest BCUT2D eigenvalue weighted by molar-refractivity contribution is 7.89. The molecule has 3 unspecified atom stereocenters. The predicted octanol–water partition coefficient (Wildman–Crippen LogP) is 4.19. The van der Waals surface area contributed by atoms with E-state index in [2.05, 4.69) is 0 Å². The van der Waals surface area contributed by atoms with Crippen molar-refractivity contribution in [1.82, 2.24) is 9.21 Å². The number of carbonyl (C=O) groups excluding carboxylic acids is 2. The molecule has 1 fully saturated rings. The van der Waals surface area contributed by atoms with Crippen LogP contribution in [0.1, 0.15) is 35.7 Å². The summed E-state index contributed by atoms with van der Waals surface area (Å²) in [5.74, 6) is 0.154. The molecular formula is C27H26N2O7S. The maximum atomic E-state index is 14.1. The van der Waals surface area contributed by atoms with Crippen LogP contribution in [0.5, 0.6) is 11.5 Å². The maximum absolute atomic E-state index is 14.1. The quantitative estimate of drug-likeness (QED) is 0.447. The van der Waals surface area contributed by atoms with Gasteiger partial charge in [0.2, 0.25) is 6.79 Å². The Morgan fingerprint density at radius 1 is 1.00 bits per heavy atom. The highest BCUT2D eigenvalue weighted by atomic mass is 32.2. The third-order valence-electron chi connectivity index (χ3n) is 6.72. The summed E-state index contributed by atoms with van der Waals surface area (Å²) in [6.07, 6.45) is 0. The van der Waals surface area contributed by atoms with Gasteiger partial charge in [-0.15, -0.1) is 0 Å². The molecule has 2 aliphatic rings. The van der Waals surface area contributed by atoms with Crippen LogP contribution in [0.2, 0.25) is 0 Å². The van der Waals surface area contributed by atoms with Gasteiger partial charge in [0, 0.05) is 0 Å². The van der Waals surface area contributed by atoms with E-state index in [-0.39, 0.29) is 11.7 Å². The van der Waals surface area contributed by atoms with Crippen LogP contribution >= 0.6 is 0 Å². The summed E-state index contributed by atoms with van der Waals surface area (Å²) in [5, 5.41) is 0. The van der Waals surface area contributed by atoms with Gasteiger partial charge in [-0.1, -0.05) is 54.1 Å². The molecule has 0 saturated carbocycles. The second-order valence-electron chi connectivity index (χ2n) is 8.92. The summed E-state index contributed by atoms with van der Waals surface area (Å²) in [6.45, 7) is 3.61. The average Bonchev–Trinajstić information content (AvgIpc) is 3.50. The van der Waals surface area contributed by atoms with E-state index in [0.29, 0.717) is 17.1 Å². The molecule has 3 aromatic carbocycles. The Balaban J connectivity index is 1.71. The van der Waals surface area contributed by atoms with E-state index in [1.165, 1.54) is 24.1 Å². The number of rotatable bonds is 6. The first-order valence-corrected chi connectivity index (χ1v) is 13.1. The lowest BCUT2D eigenvalue weighted by Crippen LogP contribution is -2.42. The van der Waals surface area contributed by atoms with Gasteiger partial charge in [0.25, 0.3) is 10.0 Å². The molecule has 2 heterocycles. The fourth-order valence-corrected chi connectivity index (χ4v) is 6.33. The van der Waals surface area contributed by atoms with Crippen LogP contribution in [0, 0.1) is 6.92 Å². The molecule has 0 radical (unpaired) electrons. The molecule has 0 bridgehead atoms. The smallest absolute Gasteiger partial charge is 0.335 e. The monoisotopic (exact) mass is 522 g/mol. The Morgan fingerprint density at radius 2 is 1.68 bits per heavy atom. The summed E-state index contributed by atoms with van der Waals surface area (Å²) < 4.78 is 44.8. The summed E-state index contributed by atoms with van der Waals surface area (Å²) in [4.78, 5) is 28.6. The van der Waals surface area contributed by atoms with E-state index < -0.39 is 40.1 Å². The van der Waals surface area contributed by atoms with Gasteiger partial charge in [0.05, 0.1) is 18.0 Å². The van der Waals surface area contributed by atoms with E-state index in [1.54, 1.807) is 37.3 Å². The Bertz CT molecular complexity index is 1440. The van der Waals surface area contributed by atoms with Gasteiger partial charge in [0.1, 0.15) is 6.04 Å². The van der Waals surface area contributed by atoms with Gasteiger partial charge in [-0.05, 0) is 49.2 Å². The number of aryl methyl sites for hydroxylation is 1. The topological polar surface area (TPSA) is 102 Å². The molecule has 0 aliphatic carbocycles. The third kappa shape index (κ3) is 4.17. The number of methoxy groups -OCH3 is 1. The van der Waals surface area contributed by atoms with Crippen molar-refractivity contribution in [2.24, 2.45) is 0 Å². The number of ether oxygens (including phenoxy) is 3. The number of urea groups is 1. The van der Waals surface area contributed by atoms with Gasteiger partial charge in [-0.25, -0.2) is 22.3 Å². The van der Waals surface area contributed by atoms with Crippen LogP contribution in [-0.2, 0) is 19.6 Å². The molecule has 37 heavy (non-hydrogen) atoms. The minimum Gasteiger partial charge on any atom is -0.467 e. The Labute approximate surface area is 215 Å². The Morgan fingerprint density at radius 3 is 2.35 bits per heavy atom. The molecule has 3 aromatic rings. The van der Waals surface area contributed by atoms with Crippen molar-refractivity contribution in [3.05, 3.63) is 89.5 Å². The van der Waals surface area contributed by atoms with Crippen molar-refractivity contribution in [1.29, 1.82) is 0 Å². The zero-order valence-corrected chi connectivity index (χ0v) is 21.3. The molecule has 1 saturated heterocycles. The van der Waals surface area contributed by atoms with Crippen molar-refractivity contribution in [3.63, 3.8) is 0 Å². The summed E-state index contributed by atoms with van der Waals surface area (Å²) in [5.41, 5.74) is 2.00. The highest BCUT2D eigenvalue weighted by Crippen LogP contribution is 2.46. The zero-order valence-electron chi connectivity index (χ0n) is 20.5. The number of amides is 2. The molecule has 5 rings (SSSR count). The van der Waals surface area contributed by atoms with E-state index >= 15 is 0 Å². The molecule has 0 N–H and O–H groups in total. The lowest BCUT2D eigenvalue weighted by atomic mass is 9.97. The van der Waals surface area contributed by atoms with Crippen molar-refractivity contribution in [2.45, 2.75) is 36.9 Å². The van der Waals surface area contributed by atoms with Crippen LogP contribution < -0.4 is 9.47 Å². The van der Waals surface area contributed by atoms with Crippen molar-refractivity contribution >= 4 is 22.0 Å². The minimum absolute atomic E-state index is 0.0192. The second kappa shape index (κ2) is 9.44. The Kier molecular flexibility index (Phi) is 6.28.